The van der Waals surface area contributed by atoms with E-state index in [-0.39, 0.29) is 29.9 Å². The van der Waals surface area contributed by atoms with Crippen molar-refractivity contribution in [3.05, 3.63) is 60.2 Å². The van der Waals surface area contributed by atoms with Crippen LogP contribution in [0.2, 0.25) is 0 Å². The number of hydrogen-bond donors (Lipinski definition) is 0. The Morgan fingerprint density at radius 3 is 2.40 bits per heavy atom. The number of ether oxygens (including phenoxy) is 1. The zero-order valence-electron chi connectivity index (χ0n) is 16.5. The molecule has 0 unspecified atom stereocenters. The van der Waals surface area contributed by atoms with Crippen molar-refractivity contribution >= 4 is 29.4 Å². The molecule has 0 aliphatic carbocycles. The molecular weight excluding hydrogens is 384 g/mol. The summed E-state index contributed by atoms with van der Waals surface area (Å²) in [6.45, 7) is 0.757. The molecule has 7 nitrogen and oxygen atoms in total. The van der Waals surface area contributed by atoms with Crippen molar-refractivity contribution in [3.8, 4) is 5.75 Å². The molecule has 1 atom stereocenters. The number of benzene rings is 2. The van der Waals surface area contributed by atoms with Gasteiger partial charge in [-0.3, -0.25) is 24.1 Å². The number of carbonyl (C=O) groups excluding carboxylic acids is 4. The summed E-state index contributed by atoms with van der Waals surface area (Å²) in [5.41, 5.74) is 1.40. The SMILES string of the molecule is O=C(Oc1cccc(N2C(=O)CCCC2=O)c1)[C@H]1CC(=O)N(Cc2ccccc2)C1. The average molecular weight is 406 g/mol. The van der Waals surface area contributed by atoms with Gasteiger partial charge in [-0.15, -0.1) is 0 Å². The molecule has 0 spiro atoms. The lowest BCUT2D eigenvalue weighted by Gasteiger charge is -2.25. The van der Waals surface area contributed by atoms with Gasteiger partial charge in [0.15, 0.2) is 0 Å². The third-order valence-corrected chi connectivity index (χ3v) is 5.34. The van der Waals surface area contributed by atoms with Gasteiger partial charge in [0.05, 0.1) is 11.6 Å². The quantitative estimate of drug-likeness (QED) is 0.433. The van der Waals surface area contributed by atoms with Gasteiger partial charge in [-0.1, -0.05) is 36.4 Å². The van der Waals surface area contributed by atoms with Gasteiger partial charge in [0, 0.05) is 38.4 Å². The Bertz CT molecular complexity index is 972. The first-order valence-electron chi connectivity index (χ1n) is 10.0. The zero-order valence-corrected chi connectivity index (χ0v) is 16.5. The topological polar surface area (TPSA) is 84.0 Å². The zero-order chi connectivity index (χ0) is 21.1. The van der Waals surface area contributed by atoms with Gasteiger partial charge in [-0.05, 0) is 24.1 Å². The summed E-state index contributed by atoms with van der Waals surface area (Å²) < 4.78 is 5.48. The molecule has 0 bridgehead atoms. The summed E-state index contributed by atoms with van der Waals surface area (Å²) in [7, 11) is 0. The minimum atomic E-state index is -0.553. The first-order valence-corrected chi connectivity index (χ1v) is 10.0. The maximum atomic E-state index is 12.6. The third-order valence-electron chi connectivity index (χ3n) is 5.34. The van der Waals surface area contributed by atoms with E-state index in [1.54, 1.807) is 23.1 Å². The van der Waals surface area contributed by atoms with Crippen LogP contribution in [0.1, 0.15) is 31.2 Å². The van der Waals surface area contributed by atoms with Crippen molar-refractivity contribution < 1.29 is 23.9 Å². The molecule has 0 N–H and O–H groups in total. The molecule has 2 fully saturated rings. The van der Waals surface area contributed by atoms with Crippen LogP contribution in [0.5, 0.6) is 5.75 Å². The van der Waals surface area contributed by atoms with E-state index in [0.29, 0.717) is 38.0 Å². The maximum Gasteiger partial charge on any atom is 0.316 e. The van der Waals surface area contributed by atoms with Gasteiger partial charge in [0.1, 0.15) is 5.75 Å². The summed E-state index contributed by atoms with van der Waals surface area (Å²) >= 11 is 0. The Morgan fingerprint density at radius 2 is 1.67 bits per heavy atom. The van der Waals surface area contributed by atoms with E-state index in [1.807, 2.05) is 30.3 Å². The number of anilines is 1. The Hall–Kier alpha value is -3.48. The normalized spacial score (nSPS) is 19.3. The number of imide groups is 1. The lowest BCUT2D eigenvalue weighted by molar-refractivity contribution is -0.139. The van der Waals surface area contributed by atoms with E-state index in [9.17, 15) is 19.2 Å². The van der Waals surface area contributed by atoms with Crippen molar-refractivity contribution in [2.24, 2.45) is 5.92 Å². The number of rotatable bonds is 5. The Kier molecular flexibility index (Phi) is 5.61. The summed E-state index contributed by atoms with van der Waals surface area (Å²) in [6.07, 6.45) is 1.29. The molecule has 2 aromatic rings. The van der Waals surface area contributed by atoms with Crippen molar-refractivity contribution in [2.45, 2.75) is 32.2 Å². The number of hydrogen-bond acceptors (Lipinski definition) is 5. The van der Waals surface area contributed by atoms with Crippen molar-refractivity contribution in [3.63, 3.8) is 0 Å². The second-order valence-electron chi connectivity index (χ2n) is 7.56. The fourth-order valence-corrected chi connectivity index (χ4v) is 3.81. The summed E-state index contributed by atoms with van der Waals surface area (Å²) in [6, 6.07) is 16.0. The van der Waals surface area contributed by atoms with Crippen LogP contribution in [0.25, 0.3) is 0 Å². The van der Waals surface area contributed by atoms with E-state index in [1.165, 1.54) is 6.07 Å². The van der Waals surface area contributed by atoms with Crippen LogP contribution < -0.4 is 9.64 Å². The summed E-state index contributed by atoms with van der Waals surface area (Å²) in [5.74, 6) is -1.40. The fraction of sp³-hybridized carbons (Fsp3) is 0.304. The highest BCUT2D eigenvalue weighted by Gasteiger charge is 2.35. The van der Waals surface area contributed by atoms with E-state index in [4.69, 9.17) is 4.74 Å². The largest absolute Gasteiger partial charge is 0.426 e. The van der Waals surface area contributed by atoms with Gasteiger partial charge in [0.25, 0.3) is 0 Å². The average Bonchev–Trinajstić information content (AvgIpc) is 3.09. The molecule has 7 heteroatoms. The molecule has 2 aromatic carbocycles. The lowest BCUT2D eigenvalue weighted by atomic mass is 10.1. The minimum absolute atomic E-state index is 0.0842. The van der Waals surface area contributed by atoms with E-state index in [0.717, 1.165) is 10.5 Å². The Balaban J connectivity index is 1.41. The monoisotopic (exact) mass is 406 g/mol. The van der Waals surface area contributed by atoms with Crippen LogP contribution in [-0.4, -0.2) is 35.1 Å². The number of amides is 3. The predicted octanol–water partition coefficient (Wildman–Crippen LogP) is 2.68. The van der Waals surface area contributed by atoms with Gasteiger partial charge in [-0.25, -0.2) is 0 Å². The molecule has 0 aromatic heterocycles. The molecule has 154 valence electrons. The predicted molar refractivity (Wildman–Crippen MR) is 108 cm³/mol. The highest BCUT2D eigenvalue weighted by molar-refractivity contribution is 6.16. The van der Waals surface area contributed by atoms with Gasteiger partial charge >= 0.3 is 5.97 Å². The number of piperidine rings is 1. The van der Waals surface area contributed by atoms with Crippen LogP contribution in [0.15, 0.2) is 54.6 Å². The molecule has 2 aliphatic heterocycles. The van der Waals surface area contributed by atoms with Crippen molar-refractivity contribution in [2.75, 3.05) is 11.4 Å². The van der Waals surface area contributed by atoms with Crippen LogP contribution in [0.3, 0.4) is 0 Å². The van der Waals surface area contributed by atoms with E-state index < -0.39 is 11.9 Å². The smallest absolute Gasteiger partial charge is 0.316 e. The van der Waals surface area contributed by atoms with Crippen LogP contribution in [0, 0.1) is 5.92 Å². The van der Waals surface area contributed by atoms with Crippen LogP contribution in [0.4, 0.5) is 5.69 Å². The molecular formula is C23H22N2O5. The van der Waals surface area contributed by atoms with E-state index in [2.05, 4.69) is 0 Å². The number of esters is 1. The Morgan fingerprint density at radius 1 is 0.933 bits per heavy atom. The fourth-order valence-electron chi connectivity index (χ4n) is 3.81. The standard InChI is InChI=1S/C23H22N2O5/c26-20-10-5-11-21(27)25(20)18-8-4-9-19(13-18)30-23(29)17-12-22(28)24(15-17)14-16-6-2-1-3-7-16/h1-4,6-9,13,17H,5,10-12,14-15H2/t17-/m0/s1. The Labute approximate surface area is 174 Å². The molecule has 0 radical (unpaired) electrons. The number of likely N-dealkylation sites (tertiary alicyclic amines) is 1. The third kappa shape index (κ3) is 4.25. The number of nitrogens with zero attached hydrogens (tertiary/aromatic N) is 2. The van der Waals surface area contributed by atoms with Gasteiger partial charge < -0.3 is 9.64 Å². The second-order valence-corrected chi connectivity index (χ2v) is 7.56. The highest BCUT2D eigenvalue weighted by atomic mass is 16.5. The molecule has 2 aliphatic rings. The van der Waals surface area contributed by atoms with Gasteiger partial charge in [-0.2, -0.15) is 0 Å². The highest BCUT2D eigenvalue weighted by Crippen LogP contribution is 2.27. The maximum absolute atomic E-state index is 12.6. The van der Waals surface area contributed by atoms with Gasteiger partial charge in [0.2, 0.25) is 17.7 Å². The van der Waals surface area contributed by atoms with Crippen LogP contribution >= 0.6 is 0 Å². The molecule has 2 heterocycles. The summed E-state index contributed by atoms with van der Waals surface area (Å²) in [5, 5.41) is 0. The lowest BCUT2D eigenvalue weighted by Crippen LogP contribution is -2.40. The number of carbonyl (C=O) groups is 4. The molecule has 4 rings (SSSR count). The minimum Gasteiger partial charge on any atom is -0.426 e. The molecule has 0 saturated carbocycles. The first kappa shape index (κ1) is 19.8. The van der Waals surface area contributed by atoms with Crippen LogP contribution in [-0.2, 0) is 25.7 Å². The molecule has 2 saturated heterocycles. The summed E-state index contributed by atoms with van der Waals surface area (Å²) in [4.78, 5) is 52.0. The molecule has 30 heavy (non-hydrogen) atoms. The second kappa shape index (κ2) is 8.49. The first-order chi connectivity index (χ1) is 14.5. The molecule has 3 amide bonds. The van der Waals surface area contributed by atoms with Crippen molar-refractivity contribution in [1.82, 2.24) is 4.90 Å². The van der Waals surface area contributed by atoms with Crippen molar-refractivity contribution in [1.29, 1.82) is 0 Å². The van der Waals surface area contributed by atoms with E-state index >= 15 is 0 Å².